The third-order valence-corrected chi connectivity index (χ3v) is 1.35. The summed E-state index contributed by atoms with van der Waals surface area (Å²) in [4.78, 5) is 21.5. The van der Waals surface area contributed by atoms with E-state index in [9.17, 15) is 9.59 Å². The summed E-state index contributed by atoms with van der Waals surface area (Å²) in [5, 5.41) is 2.50. The van der Waals surface area contributed by atoms with E-state index < -0.39 is 12.2 Å². The van der Waals surface area contributed by atoms with Crippen LogP contribution in [-0.4, -0.2) is 18.1 Å². The van der Waals surface area contributed by atoms with Crippen LogP contribution in [0.3, 0.4) is 0 Å². The molecule has 0 radical (unpaired) electrons. The molecular formula is C9H15NO3. The lowest BCUT2D eigenvalue weighted by atomic mass is 10.3. The summed E-state index contributed by atoms with van der Waals surface area (Å²) in [5.74, 6) is -0.734. The van der Waals surface area contributed by atoms with Crippen molar-refractivity contribution >= 4 is 11.9 Å². The Labute approximate surface area is 78.0 Å². The van der Waals surface area contributed by atoms with Crippen molar-refractivity contribution in [2.24, 2.45) is 0 Å². The van der Waals surface area contributed by atoms with Crippen molar-refractivity contribution in [3.63, 3.8) is 0 Å². The van der Waals surface area contributed by atoms with Gasteiger partial charge in [0.05, 0.1) is 0 Å². The molecule has 13 heavy (non-hydrogen) atoms. The monoisotopic (exact) mass is 185 g/mol. The molecule has 0 saturated carbocycles. The van der Waals surface area contributed by atoms with Gasteiger partial charge in [-0.3, -0.25) is 9.59 Å². The van der Waals surface area contributed by atoms with Gasteiger partial charge in [-0.1, -0.05) is 19.9 Å². The Morgan fingerprint density at radius 1 is 1.62 bits per heavy atom. The molecule has 0 fully saturated rings. The fourth-order valence-electron chi connectivity index (χ4n) is 0.841. The summed E-state index contributed by atoms with van der Waals surface area (Å²) in [6.07, 6.45) is 2.05. The van der Waals surface area contributed by atoms with E-state index in [4.69, 9.17) is 4.74 Å². The second kappa shape index (κ2) is 6.22. The standard InChI is InChI=1S/C9H15NO3/c1-4-6-9(13-7(3)11)10-8(12)5-2/h5,9H,2,4,6H2,1,3H3,(H,10,12). The number of carbonyl (C=O) groups is 2. The van der Waals surface area contributed by atoms with Gasteiger partial charge in [0.2, 0.25) is 5.91 Å². The zero-order valence-corrected chi connectivity index (χ0v) is 8.00. The molecule has 0 aromatic carbocycles. The van der Waals surface area contributed by atoms with E-state index in [0.717, 1.165) is 12.5 Å². The molecule has 1 amide bonds. The number of nitrogens with one attached hydrogen (secondary N) is 1. The summed E-state index contributed by atoms with van der Waals surface area (Å²) in [6.45, 7) is 6.55. The van der Waals surface area contributed by atoms with Crippen LogP contribution in [0.25, 0.3) is 0 Å². The summed E-state index contributed by atoms with van der Waals surface area (Å²) in [7, 11) is 0. The highest BCUT2D eigenvalue weighted by atomic mass is 16.6. The van der Waals surface area contributed by atoms with Crippen LogP contribution < -0.4 is 5.32 Å². The Hall–Kier alpha value is -1.32. The fraction of sp³-hybridized carbons (Fsp3) is 0.556. The van der Waals surface area contributed by atoms with Crippen LogP contribution in [0.2, 0.25) is 0 Å². The first kappa shape index (κ1) is 11.7. The molecule has 1 N–H and O–H groups in total. The van der Waals surface area contributed by atoms with Crippen LogP contribution in [-0.2, 0) is 14.3 Å². The van der Waals surface area contributed by atoms with Crippen LogP contribution in [0, 0.1) is 0 Å². The lowest BCUT2D eigenvalue weighted by molar-refractivity contribution is -0.149. The molecule has 0 rings (SSSR count). The zero-order valence-electron chi connectivity index (χ0n) is 8.00. The summed E-state index contributed by atoms with van der Waals surface area (Å²) < 4.78 is 4.84. The number of carbonyl (C=O) groups excluding carboxylic acids is 2. The molecule has 4 heteroatoms. The first-order valence-electron chi connectivity index (χ1n) is 4.20. The van der Waals surface area contributed by atoms with Crippen molar-refractivity contribution < 1.29 is 14.3 Å². The molecule has 4 nitrogen and oxygen atoms in total. The highest BCUT2D eigenvalue weighted by Gasteiger charge is 2.11. The predicted octanol–water partition coefficient (Wildman–Crippen LogP) is 0.978. The largest absolute Gasteiger partial charge is 0.442 e. The molecule has 0 spiro atoms. The molecule has 0 aliphatic carbocycles. The SMILES string of the molecule is C=CC(=O)NC(CCC)OC(C)=O. The Morgan fingerprint density at radius 2 is 2.23 bits per heavy atom. The average Bonchev–Trinajstić information content (AvgIpc) is 2.03. The second-order valence-corrected chi connectivity index (χ2v) is 2.60. The first-order chi connectivity index (χ1) is 6.10. The topological polar surface area (TPSA) is 55.4 Å². The second-order valence-electron chi connectivity index (χ2n) is 2.60. The Balaban J connectivity index is 4.00. The summed E-state index contributed by atoms with van der Waals surface area (Å²) in [5.41, 5.74) is 0. The fourth-order valence-corrected chi connectivity index (χ4v) is 0.841. The van der Waals surface area contributed by atoms with Crippen LogP contribution in [0.15, 0.2) is 12.7 Å². The highest BCUT2D eigenvalue weighted by Crippen LogP contribution is 1.98. The molecule has 0 aliphatic heterocycles. The Bertz CT molecular complexity index is 201. The van der Waals surface area contributed by atoms with Gasteiger partial charge in [-0.05, 0) is 6.08 Å². The van der Waals surface area contributed by atoms with Gasteiger partial charge >= 0.3 is 5.97 Å². The van der Waals surface area contributed by atoms with Crippen LogP contribution >= 0.6 is 0 Å². The maximum absolute atomic E-state index is 10.9. The van der Waals surface area contributed by atoms with Crippen molar-refractivity contribution in [1.82, 2.24) is 5.32 Å². The maximum atomic E-state index is 10.9. The van der Waals surface area contributed by atoms with E-state index >= 15 is 0 Å². The van der Waals surface area contributed by atoms with Gasteiger partial charge < -0.3 is 10.1 Å². The lowest BCUT2D eigenvalue weighted by Crippen LogP contribution is -2.36. The Morgan fingerprint density at radius 3 is 2.62 bits per heavy atom. The van der Waals surface area contributed by atoms with E-state index in [0.29, 0.717) is 6.42 Å². The van der Waals surface area contributed by atoms with Crippen molar-refractivity contribution in [1.29, 1.82) is 0 Å². The van der Waals surface area contributed by atoms with Gasteiger partial charge in [0.25, 0.3) is 0 Å². The number of amides is 1. The molecule has 0 bridgehead atoms. The molecule has 1 atom stereocenters. The predicted molar refractivity (Wildman–Crippen MR) is 48.8 cm³/mol. The third kappa shape index (κ3) is 5.90. The minimum Gasteiger partial charge on any atom is -0.442 e. The molecule has 0 aromatic rings. The number of rotatable bonds is 5. The van der Waals surface area contributed by atoms with E-state index in [-0.39, 0.29) is 5.91 Å². The van der Waals surface area contributed by atoms with E-state index in [1.54, 1.807) is 0 Å². The van der Waals surface area contributed by atoms with Gasteiger partial charge in [0.1, 0.15) is 0 Å². The summed E-state index contributed by atoms with van der Waals surface area (Å²) >= 11 is 0. The minimum atomic E-state index is -0.534. The van der Waals surface area contributed by atoms with Crippen molar-refractivity contribution in [2.75, 3.05) is 0 Å². The van der Waals surface area contributed by atoms with Crippen molar-refractivity contribution in [2.45, 2.75) is 32.9 Å². The highest BCUT2D eigenvalue weighted by molar-refractivity contribution is 5.87. The van der Waals surface area contributed by atoms with Crippen LogP contribution in [0.4, 0.5) is 0 Å². The first-order valence-corrected chi connectivity index (χ1v) is 4.20. The smallest absolute Gasteiger partial charge is 0.304 e. The maximum Gasteiger partial charge on any atom is 0.304 e. The quantitative estimate of drug-likeness (QED) is 0.394. The number of ether oxygens (including phenoxy) is 1. The average molecular weight is 185 g/mol. The normalized spacial score (nSPS) is 11.5. The molecule has 0 aliphatic rings. The van der Waals surface area contributed by atoms with Crippen LogP contribution in [0.5, 0.6) is 0 Å². The van der Waals surface area contributed by atoms with E-state index in [1.165, 1.54) is 6.92 Å². The van der Waals surface area contributed by atoms with Gasteiger partial charge in [-0.25, -0.2) is 0 Å². The van der Waals surface area contributed by atoms with E-state index in [1.807, 2.05) is 6.92 Å². The molecule has 0 aromatic heterocycles. The lowest BCUT2D eigenvalue weighted by Gasteiger charge is -2.16. The Kier molecular flexibility index (Phi) is 5.59. The molecule has 0 saturated heterocycles. The minimum absolute atomic E-state index is 0.334. The molecule has 0 heterocycles. The summed E-state index contributed by atoms with van der Waals surface area (Å²) in [6, 6.07) is 0. The third-order valence-electron chi connectivity index (χ3n) is 1.35. The molecule has 1 unspecified atom stereocenters. The molecule has 74 valence electrons. The number of esters is 1. The van der Waals surface area contributed by atoms with Gasteiger partial charge in [-0.2, -0.15) is 0 Å². The van der Waals surface area contributed by atoms with Gasteiger partial charge in [0.15, 0.2) is 6.23 Å². The molecular weight excluding hydrogens is 170 g/mol. The van der Waals surface area contributed by atoms with Gasteiger partial charge in [0, 0.05) is 13.3 Å². The van der Waals surface area contributed by atoms with Crippen LogP contribution in [0.1, 0.15) is 26.7 Å². The zero-order chi connectivity index (χ0) is 10.3. The van der Waals surface area contributed by atoms with Crippen molar-refractivity contribution in [3.8, 4) is 0 Å². The number of hydrogen-bond acceptors (Lipinski definition) is 3. The van der Waals surface area contributed by atoms with E-state index in [2.05, 4.69) is 11.9 Å². The van der Waals surface area contributed by atoms with Crippen molar-refractivity contribution in [3.05, 3.63) is 12.7 Å². The van der Waals surface area contributed by atoms with Gasteiger partial charge in [-0.15, -0.1) is 0 Å². The number of hydrogen-bond donors (Lipinski definition) is 1.